The molecule has 0 bridgehead atoms. The number of nitrogens with zero attached hydrogens (tertiary/aromatic N) is 2. The molecule has 0 saturated carbocycles. The van der Waals surface area contributed by atoms with Gasteiger partial charge in [0.2, 0.25) is 0 Å². The summed E-state index contributed by atoms with van der Waals surface area (Å²) < 4.78 is 22.8. The first kappa shape index (κ1) is 20.1. The summed E-state index contributed by atoms with van der Waals surface area (Å²) >= 11 is 0. The molecule has 4 rings (SSSR count). The monoisotopic (exact) mass is 398 g/mol. The highest BCUT2D eigenvalue weighted by Crippen LogP contribution is 2.29. The van der Waals surface area contributed by atoms with E-state index in [4.69, 9.17) is 18.9 Å². The minimum atomic E-state index is 0.213. The fourth-order valence-corrected chi connectivity index (χ4v) is 3.45. The Hall–Kier alpha value is -2.18. The summed E-state index contributed by atoms with van der Waals surface area (Å²) in [7, 11) is 0. The number of aromatic nitrogens is 2. The van der Waals surface area contributed by atoms with E-state index in [1.165, 1.54) is 12.8 Å². The van der Waals surface area contributed by atoms with Gasteiger partial charge >= 0.3 is 0 Å². The average molecular weight is 399 g/mol. The van der Waals surface area contributed by atoms with Crippen LogP contribution in [0, 0.1) is 0 Å². The minimum absolute atomic E-state index is 0.213. The van der Waals surface area contributed by atoms with Crippen molar-refractivity contribution in [1.82, 2.24) is 9.97 Å². The van der Waals surface area contributed by atoms with E-state index in [0.717, 1.165) is 30.6 Å². The Balaban J connectivity index is 1.21. The molecule has 4 atom stereocenters. The van der Waals surface area contributed by atoms with E-state index in [-0.39, 0.29) is 12.2 Å². The van der Waals surface area contributed by atoms with Gasteiger partial charge in [0, 0.05) is 5.56 Å². The molecule has 156 valence electrons. The van der Waals surface area contributed by atoms with Gasteiger partial charge in [-0.25, -0.2) is 9.97 Å². The molecular weight excluding hydrogens is 368 g/mol. The fraction of sp³-hybridized carbons (Fsp3) is 0.565. The van der Waals surface area contributed by atoms with Crippen molar-refractivity contribution in [2.45, 2.75) is 70.4 Å². The Morgan fingerprint density at radius 3 is 2.00 bits per heavy atom. The second kappa shape index (κ2) is 9.55. The molecule has 1 aromatic carbocycles. The van der Waals surface area contributed by atoms with E-state index in [9.17, 15) is 0 Å². The van der Waals surface area contributed by atoms with Crippen molar-refractivity contribution in [3.63, 3.8) is 0 Å². The number of benzene rings is 1. The predicted octanol–water partition coefficient (Wildman–Crippen LogP) is 4.43. The van der Waals surface area contributed by atoms with E-state index < -0.39 is 0 Å². The average Bonchev–Trinajstić information content (AvgIpc) is 3.67. The molecule has 2 fully saturated rings. The maximum atomic E-state index is 5.84. The van der Waals surface area contributed by atoms with Gasteiger partial charge in [-0.15, -0.1) is 0 Å². The van der Waals surface area contributed by atoms with Gasteiger partial charge in [-0.2, -0.15) is 0 Å². The Labute approximate surface area is 172 Å². The van der Waals surface area contributed by atoms with Gasteiger partial charge in [-0.1, -0.05) is 33.1 Å². The van der Waals surface area contributed by atoms with E-state index in [2.05, 4.69) is 23.8 Å². The maximum absolute atomic E-state index is 5.84. The van der Waals surface area contributed by atoms with Crippen LogP contribution in [-0.4, -0.2) is 47.6 Å². The summed E-state index contributed by atoms with van der Waals surface area (Å²) in [6, 6.07) is 7.84. The largest absolute Gasteiger partial charge is 0.491 e. The molecule has 0 aliphatic carbocycles. The SMILES string of the molecule is CCCC[C@@H]1O[C@H]1COc1ccc(-c2ncc(OC[C@@H]3O[C@H]3CCC)cn2)cc1. The summed E-state index contributed by atoms with van der Waals surface area (Å²) in [4.78, 5) is 8.83. The van der Waals surface area contributed by atoms with Crippen molar-refractivity contribution in [3.05, 3.63) is 36.7 Å². The summed E-state index contributed by atoms with van der Waals surface area (Å²) in [5, 5.41) is 0. The Kier molecular flexibility index (Phi) is 6.62. The van der Waals surface area contributed by atoms with E-state index >= 15 is 0 Å². The molecule has 2 aromatic rings. The molecule has 3 heterocycles. The number of ether oxygens (including phenoxy) is 4. The molecule has 0 radical (unpaired) electrons. The highest BCUT2D eigenvalue weighted by molar-refractivity contribution is 5.56. The van der Waals surface area contributed by atoms with Gasteiger partial charge in [0.05, 0.1) is 24.6 Å². The molecule has 6 heteroatoms. The fourth-order valence-electron chi connectivity index (χ4n) is 3.45. The van der Waals surface area contributed by atoms with Crippen LogP contribution in [0.2, 0.25) is 0 Å². The Morgan fingerprint density at radius 1 is 0.759 bits per heavy atom. The molecule has 6 nitrogen and oxygen atoms in total. The topological polar surface area (TPSA) is 69.3 Å². The van der Waals surface area contributed by atoms with Crippen LogP contribution >= 0.6 is 0 Å². The highest BCUT2D eigenvalue weighted by Gasteiger charge is 2.39. The summed E-state index contributed by atoms with van der Waals surface area (Å²) in [6.45, 7) is 5.53. The van der Waals surface area contributed by atoms with Crippen molar-refractivity contribution in [2.75, 3.05) is 13.2 Å². The standard InChI is InChI=1S/C23H30N2O4/c1-3-5-7-20-22(29-20)14-26-17-10-8-16(9-11-17)23-24-12-18(13-25-23)27-15-21-19(28-21)6-4-2/h8-13,19-22H,3-7,14-15H2,1-2H3/t19-,20-,21-,22-/m0/s1. The molecule has 29 heavy (non-hydrogen) atoms. The first-order valence-corrected chi connectivity index (χ1v) is 10.8. The van der Waals surface area contributed by atoms with Crippen molar-refractivity contribution in [2.24, 2.45) is 0 Å². The van der Waals surface area contributed by atoms with Crippen molar-refractivity contribution >= 4 is 0 Å². The van der Waals surface area contributed by atoms with Crippen LogP contribution in [0.4, 0.5) is 0 Å². The third kappa shape index (κ3) is 5.67. The molecule has 0 amide bonds. The molecule has 0 N–H and O–H groups in total. The van der Waals surface area contributed by atoms with Gasteiger partial charge in [-0.3, -0.25) is 0 Å². The van der Waals surface area contributed by atoms with Gasteiger partial charge < -0.3 is 18.9 Å². The van der Waals surface area contributed by atoms with Crippen LogP contribution in [0.1, 0.15) is 46.0 Å². The third-order valence-corrected chi connectivity index (χ3v) is 5.36. The molecule has 2 aliphatic rings. The molecule has 2 aliphatic heterocycles. The normalized spacial score (nSPS) is 24.9. The van der Waals surface area contributed by atoms with Crippen molar-refractivity contribution in [1.29, 1.82) is 0 Å². The summed E-state index contributed by atoms with van der Waals surface area (Å²) in [5.41, 5.74) is 0.945. The van der Waals surface area contributed by atoms with Crippen LogP contribution in [0.3, 0.4) is 0 Å². The first-order valence-electron chi connectivity index (χ1n) is 10.8. The summed E-state index contributed by atoms with van der Waals surface area (Å²) in [5.74, 6) is 2.17. The van der Waals surface area contributed by atoms with Crippen LogP contribution in [0.5, 0.6) is 11.5 Å². The van der Waals surface area contributed by atoms with Crippen LogP contribution in [-0.2, 0) is 9.47 Å². The molecule has 2 saturated heterocycles. The lowest BCUT2D eigenvalue weighted by Crippen LogP contribution is -2.08. The lowest BCUT2D eigenvalue weighted by atomic mass is 10.1. The second-order valence-electron chi connectivity index (χ2n) is 7.75. The lowest BCUT2D eigenvalue weighted by molar-refractivity contribution is 0.258. The number of unbranched alkanes of at least 4 members (excludes halogenated alkanes) is 1. The zero-order valence-electron chi connectivity index (χ0n) is 17.3. The number of hydrogen-bond donors (Lipinski definition) is 0. The zero-order valence-corrected chi connectivity index (χ0v) is 17.3. The first-order chi connectivity index (χ1) is 14.3. The molecule has 0 unspecified atom stereocenters. The number of rotatable bonds is 12. The molecule has 0 spiro atoms. The van der Waals surface area contributed by atoms with Gasteiger partial charge in [0.15, 0.2) is 11.6 Å². The summed E-state index contributed by atoms with van der Waals surface area (Å²) in [6.07, 6.45) is 10.4. The van der Waals surface area contributed by atoms with Crippen molar-refractivity contribution < 1.29 is 18.9 Å². The maximum Gasteiger partial charge on any atom is 0.159 e. The van der Waals surface area contributed by atoms with Crippen LogP contribution in [0.25, 0.3) is 11.4 Å². The Morgan fingerprint density at radius 2 is 1.38 bits per heavy atom. The van der Waals surface area contributed by atoms with Gasteiger partial charge in [-0.05, 0) is 37.1 Å². The van der Waals surface area contributed by atoms with Crippen LogP contribution < -0.4 is 9.47 Å². The quantitative estimate of drug-likeness (QED) is 0.493. The predicted molar refractivity (Wildman–Crippen MR) is 110 cm³/mol. The number of epoxide rings is 2. The lowest BCUT2D eigenvalue weighted by Gasteiger charge is -2.07. The third-order valence-electron chi connectivity index (χ3n) is 5.36. The van der Waals surface area contributed by atoms with Crippen molar-refractivity contribution in [3.8, 4) is 22.9 Å². The second-order valence-corrected chi connectivity index (χ2v) is 7.75. The molecule has 1 aromatic heterocycles. The highest BCUT2D eigenvalue weighted by atomic mass is 16.6. The Bertz CT molecular complexity index is 765. The minimum Gasteiger partial charge on any atom is -0.491 e. The van der Waals surface area contributed by atoms with E-state index in [1.807, 2.05) is 24.3 Å². The van der Waals surface area contributed by atoms with Gasteiger partial charge in [0.25, 0.3) is 0 Å². The van der Waals surface area contributed by atoms with Crippen LogP contribution in [0.15, 0.2) is 36.7 Å². The number of hydrogen-bond acceptors (Lipinski definition) is 6. The van der Waals surface area contributed by atoms with Gasteiger partial charge in [0.1, 0.15) is 31.2 Å². The molecular formula is C23H30N2O4. The smallest absolute Gasteiger partial charge is 0.159 e. The van der Waals surface area contributed by atoms with E-state index in [0.29, 0.717) is 37.0 Å². The van der Waals surface area contributed by atoms with E-state index in [1.54, 1.807) is 12.4 Å². The zero-order chi connectivity index (χ0) is 20.1.